The van der Waals surface area contributed by atoms with Gasteiger partial charge in [0.2, 0.25) is 5.88 Å². The van der Waals surface area contributed by atoms with Gasteiger partial charge in [-0.15, -0.1) is 0 Å². The largest absolute Gasteiger partial charge is 0.439 e. The Kier molecular flexibility index (Phi) is 5.62. The van der Waals surface area contributed by atoms with Crippen molar-refractivity contribution < 1.29 is 13.2 Å². The molecule has 10 heteroatoms. The van der Waals surface area contributed by atoms with Gasteiger partial charge in [0, 0.05) is 22.5 Å². The number of aryl methyl sites for hydroxylation is 2. The van der Waals surface area contributed by atoms with E-state index in [9.17, 15) is 8.42 Å². The molecule has 4 rings (SSSR count). The fraction of sp³-hybridized carbons (Fsp3) is 0.0952. The van der Waals surface area contributed by atoms with Crippen LogP contribution >= 0.6 is 11.6 Å². The normalized spacial score (nSPS) is 11.3. The van der Waals surface area contributed by atoms with Crippen LogP contribution in [-0.4, -0.2) is 28.2 Å². The maximum Gasteiger partial charge on any atom is 0.261 e. The van der Waals surface area contributed by atoms with Gasteiger partial charge >= 0.3 is 0 Å². The molecule has 0 spiro atoms. The van der Waals surface area contributed by atoms with Crippen LogP contribution in [0.15, 0.2) is 71.9 Å². The predicted molar refractivity (Wildman–Crippen MR) is 117 cm³/mol. The Morgan fingerprint density at radius 1 is 0.968 bits per heavy atom. The molecule has 158 valence electrons. The van der Waals surface area contributed by atoms with Gasteiger partial charge in [-0.3, -0.25) is 4.72 Å². The first-order valence-corrected chi connectivity index (χ1v) is 11.1. The zero-order chi connectivity index (χ0) is 22.0. The van der Waals surface area contributed by atoms with Crippen molar-refractivity contribution in [3.05, 3.63) is 83.4 Å². The van der Waals surface area contributed by atoms with E-state index in [1.807, 2.05) is 19.9 Å². The summed E-state index contributed by atoms with van der Waals surface area (Å²) in [5.74, 6) is 1.42. The minimum Gasteiger partial charge on any atom is -0.439 e. The van der Waals surface area contributed by atoms with E-state index in [1.54, 1.807) is 35.0 Å². The first kappa shape index (κ1) is 20.8. The molecule has 2 heterocycles. The Labute approximate surface area is 184 Å². The van der Waals surface area contributed by atoms with Gasteiger partial charge in [0.15, 0.2) is 5.82 Å². The zero-order valence-electron chi connectivity index (χ0n) is 16.7. The van der Waals surface area contributed by atoms with E-state index in [-0.39, 0.29) is 4.90 Å². The van der Waals surface area contributed by atoms with Crippen LogP contribution in [0.5, 0.6) is 11.6 Å². The SMILES string of the molecule is Cc1cc(C)n(-c2cc(Oc3ccc(NS(=O)(=O)c4ccc(Cl)cc4)cc3)ncn2)n1. The lowest BCUT2D eigenvalue weighted by Crippen LogP contribution is -2.12. The average Bonchev–Trinajstić information content (AvgIpc) is 3.08. The third kappa shape index (κ3) is 4.84. The third-order valence-electron chi connectivity index (χ3n) is 4.31. The highest BCUT2D eigenvalue weighted by Gasteiger charge is 2.14. The van der Waals surface area contributed by atoms with Gasteiger partial charge in [0.25, 0.3) is 10.0 Å². The molecule has 0 aliphatic heterocycles. The van der Waals surface area contributed by atoms with Crippen LogP contribution in [0.1, 0.15) is 11.4 Å². The molecule has 0 aliphatic carbocycles. The Bertz CT molecular complexity index is 1320. The molecule has 0 bridgehead atoms. The molecule has 1 N–H and O–H groups in total. The molecule has 0 saturated heterocycles. The molecule has 0 radical (unpaired) electrons. The lowest BCUT2D eigenvalue weighted by molar-refractivity contribution is 0.460. The Hall–Kier alpha value is -3.43. The Balaban J connectivity index is 1.48. The number of sulfonamides is 1. The average molecular weight is 456 g/mol. The summed E-state index contributed by atoms with van der Waals surface area (Å²) in [6, 6.07) is 16.1. The molecule has 0 amide bonds. The fourth-order valence-corrected chi connectivity index (χ4v) is 4.09. The molecule has 0 atom stereocenters. The van der Waals surface area contributed by atoms with Crippen molar-refractivity contribution in [2.45, 2.75) is 18.7 Å². The molecule has 0 aliphatic rings. The quantitative estimate of drug-likeness (QED) is 0.458. The lowest BCUT2D eigenvalue weighted by atomic mass is 10.3. The molecular weight excluding hydrogens is 438 g/mol. The van der Waals surface area contributed by atoms with Crippen molar-refractivity contribution in [2.75, 3.05) is 4.72 Å². The summed E-state index contributed by atoms with van der Waals surface area (Å²) >= 11 is 5.82. The van der Waals surface area contributed by atoms with Gasteiger partial charge in [0.05, 0.1) is 10.6 Å². The number of anilines is 1. The van der Waals surface area contributed by atoms with E-state index in [2.05, 4.69) is 19.8 Å². The number of nitrogens with zero attached hydrogens (tertiary/aromatic N) is 4. The number of rotatable bonds is 6. The number of aromatic nitrogens is 4. The minimum absolute atomic E-state index is 0.120. The summed E-state index contributed by atoms with van der Waals surface area (Å²) in [5.41, 5.74) is 2.23. The minimum atomic E-state index is -3.72. The second-order valence-electron chi connectivity index (χ2n) is 6.74. The fourth-order valence-electron chi connectivity index (χ4n) is 2.90. The van der Waals surface area contributed by atoms with E-state index >= 15 is 0 Å². The standard InChI is InChI=1S/C21H18ClN5O3S/c1-14-11-15(2)27(25-14)20-12-21(24-13-23-20)30-18-7-5-17(6-8-18)26-31(28,29)19-9-3-16(22)4-10-19/h3-13,26H,1-2H3. The number of nitrogens with one attached hydrogen (secondary N) is 1. The predicted octanol–water partition coefficient (Wildman–Crippen LogP) is 4.53. The second-order valence-corrected chi connectivity index (χ2v) is 8.86. The molecular formula is C21H18ClN5O3S. The van der Waals surface area contributed by atoms with Crippen LogP contribution in [0, 0.1) is 13.8 Å². The number of benzene rings is 2. The molecule has 8 nitrogen and oxygen atoms in total. The molecule has 0 unspecified atom stereocenters. The van der Waals surface area contributed by atoms with Crippen molar-refractivity contribution >= 4 is 27.3 Å². The van der Waals surface area contributed by atoms with Gasteiger partial charge in [-0.25, -0.2) is 23.1 Å². The number of hydrogen-bond acceptors (Lipinski definition) is 6. The van der Waals surface area contributed by atoms with Gasteiger partial charge in [-0.1, -0.05) is 11.6 Å². The number of ether oxygens (including phenoxy) is 1. The van der Waals surface area contributed by atoms with Crippen LogP contribution in [-0.2, 0) is 10.0 Å². The summed E-state index contributed by atoms with van der Waals surface area (Å²) < 4.78 is 35.0. The number of hydrogen-bond donors (Lipinski definition) is 1. The molecule has 0 fully saturated rings. The molecule has 2 aromatic carbocycles. The summed E-state index contributed by atoms with van der Waals surface area (Å²) in [7, 11) is -3.72. The zero-order valence-corrected chi connectivity index (χ0v) is 18.2. The number of halogens is 1. The van der Waals surface area contributed by atoms with E-state index in [0.717, 1.165) is 11.4 Å². The van der Waals surface area contributed by atoms with E-state index in [0.29, 0.717) is 28.2 Å². The van der Waals surface area contributed by atoms with Crippen LogP contribution in [0.2, 0.25) is 5.02 Å². The van der Waals surface area contributed by atoms with E-state index in [1.165, 1.54) is 30.6 Å². The van der Waals surface area contributed by atoms with Crippen molar-refractivity contribution in [3.8, 4) is 17.4 Å². The van der Waals surface area contributed by atoms with Crippen LogP contribution < -0.4 is 9.46 Å². The maximum atomic E-state index is 12.5. The summed E-state index contributed by atoms with van der Waals surface area (Å²) in [5, 5.41) is 4.87. The van der Waals surface area contributed by atoms with Gasteiger partial charge in [-0.05, 0) is 68.4 Å². The van der Waals surface area contributed by atoms with Crippen LogP contribution in [0.25, 0.3) is 5.82 Å². The lowest BCUT2D eigenvalue weighted by Gasteiger charge is -2.10. The topological polar surface area (TPSA) is 99.0 Å². The monoisotopic (exact) mass is 455 g/mol. The molecule has 2 aromatic heterocycles. The highest BCUT2D eigenvalue weighted by atomic mass is 35.5. The van der Waals surface area contributed by atoms with Gasteiger partial charge < -0.3 is 4.74 Å². The highest BCUT2D eigenvalue weighted by Crippen LogP contribution is 2.24. The molecule has 4 aromatic rings. The van der Waals surface area contributed by atoms with Crippen LogP contribution in [0.3, 0.4) is 0 Å². The summed E-state index contributed by atoms with van der Waals surface area (Å²) in [4.78, 5) is 8.49. The van der Waals surface area contributed by atoms with Crippen molar-refractivity contribution in [2.24, 2.45) is 0 Å². The van der Waals surface area contributed by atoms with Gasteiger partial charge in [-0.2, -0.15) is 5.10 Å². The Morgan fingerprint density at radius 3 is 2.32 bits per heavy atom. The first-order chi connectivity index (χ1) is 14.8. The van der Waals surface area contributed by atoms with E-state index in [4.69, 9.17) is 16.3 Å². The summed E-state index contributed by atoms with van der Waals surface area (Å²) in [6.45, 7) is 3.84. The maximum absolute atomic E-state index is 12.5. The summed E-state index contributed by atoms with van der Waals surface area (Å²) in [6.07, 6.45) is 1.40. The first-order valence-electron chi connectivity index (χ1n) is 9.22. The molecule has 31 heavy (non-hydrogen) atoms. The van der Waals surface area contributed by atoms with E-state index < -0.39 is 10.0 Å². The van der Waals surface area contributed by atoms with Crippen molar-refractivity contribution in [1.29, 1.82) is 0 Å². The highest BCUT2D eigenvalue weighted by molar-refractivity contribution is 7.92. The third-order valence-corrected chi connectivity index (χ3v) is 5.96. The smallest absolute Gasteiger partial charge is 0.261 e. The van der Waals surface area contributed by atoms with Crippen LogP contribution in [0.4, 0.5) is 5.69 Å². The van der Waals surface area contributed by atoms with Gasteiger partial charge in [0.1, 0.15) is 12.1 Å². The molecule has 0 saturated carbocycles. The second kappa shape index (κ2) is 8.37. The Morgan fingerprint density at radius 2 is 1.68 bits per heavy atom. The van der Waals surface area contributed by atoms with Crippen molar-refractivity contribution in [3.63, 3.8) is 0 Å². The van der Waals surface area contributed by atoms with Crippen molar-refractivity contribution in [1.82, 2.24) is 19.7 Å².